The van der Waals surface area contributed by atoms with E-state index in [1.54, 1.807) is 0 Å². The first-order valence-electron chi connectivity index (χ1n) is 6.94. The van der Waals surface area contributed by atoms with Crippen LogP contribution in [0.15, 0.2) is 16.6 Å². The van der Waals surface area contributed by atoms with Crippen molar-refractivity contribution in [1.29, 1.82) is 0 Å². The van der Waals surface area contributed by atoms with Crippen LogP contribution in [0.25, 0.3) is 0 Å². The summed E-state index contributed by atoms with van der Waals surface area (Å²) in [6, 6.07) is 3.96. The summed E-state index contributed by atoms with van der Waals surface area (Å²) in [5.74, 6) is 0.260. The molecule has 2 N–H and O–H groups in total. The van der Waals surface area contributed by atoms with Crippen LogP contribution in [0.5, 0.6) is 5.75 Å². The molecular formula is C15H24BrCl3N2O. The molecule has 0 spiro atoms. The lowest BCUT2D eigenvalue weighted by molar-refractivity contribution is 0.0842. The minimum Gasteiger partial charge on any atom is -0.506 e. The van der Waals surface area contributed by atoms with Crippen molar-refractivity contribution in [3.63, 3.8) is 0 Å². The third-order valence-corrected chi connectivity index (χ3v) is 5.08. The monoisotopic (exact) mass is 432 g/mol. The summed E-state index contributed by atoms with van der Waals surface area (Å²) < 4.78 is 0.584. The first kappa shape index (κ1) is 22.3. The van der Waals surface area contributed by atoms with Gasteiger partial charge in [0.15, 0.2) is 0 Å². The van der Waals surface area contributed by atoms with Gasteiger partial charge in [-0.3, -0.25) is 4.90 Å². The van der Waals surface area contributed by atoms with Gasteiger partial charge in [-0.15, -0.1) is 24.8 Å². The van der Waals surface area contributed by atoms with Gasteiger partial charge in [-0.2, -0.15) is 0 Å². The summed E-state index contributed by atoms with van der Waals surface area (Å²) in [5.41, 5.74) is 0.970. The van der Waals surface area contributed by atoms with Gasteiger partial charge in [0, 0.05) is 37.8 Å². The van der Waals surface area contributed by atoms with E-state index < -0.39 is 0 Å². The Morgan fingerprint density at radius 3 is 2.27 bits per heavy atom. The SMILES string of the molecule is CC(C)(C)[C@@H](c1ccc(Cl)c(Br)c1O)N1CCNCC1.Cl.Cl. The predicted octanol–water partition coefficient (Wildman–Crippen LogP) is 4.64. The number of hydrogen-bond donors (Lipinski definition) is 2. The molecule has 0 radical (unpaired) electrons. The number of piperazine rings is 1. The number of benzene rings is 1. The topological polar surface area (TPSA) is 35.5 Å². The van der Waals surface area contributed by atoms with Crippen molar-refractivity contribution in [1.82, 2.24) is 10.2 Å². The molecule has 0 amide bonds. The zero-order valence-corrected chi connectivity index (χ0v) is 17.0. The summed E-state index contributed by atoms with van der Waals surface area (Å²) in [4.78, 5) is 2.44. The minimum absolute atomic E-state index is 0. The third-order valence-electron chi connectivity index (χ3n) is 3.73. The number of nitrogens with one attached hydrogen (secondary N) is 1. The maximum Gasteiger partial charge on any atom is 0.136 e. The molecule has 1 fully saturated rings. The van der Waals surface area contributed by atoms with Crippen molar-refractivity contribution in [2.24, 2.45) is 5.41 Å². The number of hydrogen-bond acceptors (Lipinski definition) is 3. The molecule has 0 unspecified atom stereocenters. The van der Waals surface area contributed by atoms with Crippen LogP contribution in [-0.4, -0.2) is 36.2 Å². The molecule has 1 heterocycles. The summed E-state index contributed by atoms with van der Waals surface area (Å²) in [7, 11) is 0. The zero-order chi connectivity index (χ0) is 14.9. The van der Waals surface area contributed by atoms with Crippen LogP contribution < -0.4 is 5.32 Å². The molecule has 1 saturated heterocycles. The smallest absolute Gasteiger partial charge is 0.136 e. The Morgan fingerprint density at radius 1 is 1.23 bits per heavy atom. The second-order valence-corrected chi connectivity index (χ2v) is 7.55. The van der Waals surface area contributed by atoms with E-state index in [1.165, 1.54) is 0 Å². The van der Waals surface area contributed by atoms with E-state index in [0.717, 1.165) is 31.7 Å². The summed E-state index contributed by atoms with van der Waals surface area (Å²) in [6.07, 6.45) is 0. The third kappa shape index (κ3) is 4.89. The fourth-order valence-electron chi connectivity index (χ4n) is 2.93. The van der Waals surface area contributed by atoms with E-state index in [1.807, 2.05) is 12.1 Å². The summed E-state index contributed by atoms with van der Waals surface area (Å²) in [5, 5.41) is 14.4. The van der Waals surface area contributed by atoms with Gasteiger partial charge >= 0.3 is 0 Å². The highest BCUT2D eigenvalue weighted by Gasteiger charge is 2.34. The molecule has 0 aliphatic carbocycles. The first-order valence-corrected chi connectivity index (χ1v) is 8.11. The minimum atomic E-state index is 0. The fraction of sp³-hybridized carbons (Fsp3) is 0.600. The van der Waals surface area contributed by atoms with Crippen molar-refractivity contribution in [3.8, 4) is 5.75 Å². The molecule has 1 atom stereocenters. The molecule has 7 heteroatoms. The fourth-order valence-corrected chi connectivity index (χ4v) is 3.44. The van der Waals surface area contributed by atoms with E-state index in [4.69, 9.17) is 11.6 Å². The molecule has 128 valence electrons. The maximum absolute atomic E-state index is 10.5. The van der Waals surface area contributed by atoms with Crippen LogP contribution in [0.2, 0.25) is 5.02 Å². The van der Waals surface area contributed by atoms with E-state index in [-0.39, 0.29) is 42.0 Å². The molecule has 1 aromatic carbocycles. The molecule has 1 aliphatic heterocycles. The quantitative estimate of drug-likeness (QED) is 0.712. The number of nitrogens with zero attached hydrogens (tertiary/aromatic N) is 1. The molecule has 0 bridgehead atoms. The number of phenolic OH excluding ortho intramolecular Hbond substituents is 1. The standard InChI is InChI=1S/C15H22BrClN2O.2ClH/c1-15(2,3)14(19-8-6-18-7-9-19)10-4-5-11(17)12(16)13(10)20;;/h4-5,14,18,20H,6-9H2,1-3H3;2*1H/t14-;;/m1../s1. The summed E-state index contributed by atoms with van der Waals surface area (Å²) in [6.45, 7) is 10.6. The second-order valence-electron chi connectivity index (χ2n) is 6.35. The average Bonchev–Trinajstić information content (AvgIpc) is 2.39. The van der Waals surface area contributed by atoms with Gasteiger partial charge in [-0.05, 0) is 27.4 Å². The van der Waals surface area contributed by atoms with Crippen molar-refractivity contribution < 1.29 is 5.11 Å². The Kier molecular flexibility index (Phi) is 9.07. The maximum atomic E-state index is 10.5. The van der Waals surface area contributed by atoms with Gasteiger partial charge in [0.2, 0.25) is 0 Å². The van der Waals surface area contributed by atoms with Crippen molar-refractivity contribution in [3.05, 3.63) is 27.2 Å². The Hall–Kier alpha value is 0.290. The Bertz CT molecular complexity index is 488. The molecular weight excluding hydrogens is 410 g/mol. The van der Waals surface area contributed by atoms with E-state index >= 15 is 0 Å². The highest BCUT2D eigenvalue weighted by molar-refractivity contribution is 9.10. The molecule has 3 nitrogen and oxygen atoms in total. The van der Waals surface area contributed by atoms with Crippen molar-refractivity contribution >= 4 is 52.3 Å². The van der Waals surface area contributed by atoms with Gasteiger partial charge in [0.05, 0.1) is 9.50 Å². The molecule has 22 heavy (non-hydrogen) atoms. The van der Waals surface area contributed by atoms with Gasteiger partial charge in [0.1, 0.15) is 5.75 Å². The van der Waals surface area contributed by atoms with Crippen LogP contribution in [0, 0.1) is 5.41 Å². The Morgan fingerprint density at radius 2 is 1.77 bits per heavy atom. The predicted molar refractivity (Wildman–Crippen MR) is 102 cm³/mol. The highest BCUT2D eigenvalue weighted by atomic mass is 79.9. The zero-order valence-electron chi connectivity index (χ0n) is 13.0. The number of halogens is 4. The van der Waals surface area contributed by atoms with Gasteiger partial charge in [-0.1, -0.05) is 38.4 Å². The normalized spacial score (nSPS) is 17.3. The van der Waals surface area contributed by atoms with E-state index in [0.29, 0.717) is 9.50 Å². The molecule has 0 saturated carbocycles. The van der Waals surface area contributed by atoms with Crippen LogP contribution in [0.3, 0.4) is 0 Å². The number of aromatic hydroxyl groups is 1. The van der Waals surface area contributed by atoms with Gasteiger partial charge in [0.25, 0.3) is 0 Å². The number of rotatable bonds is 2. The number of phenols is 1. The summed E-state index contributed by atoms with van der Waals surface area (Å²) >= 11 is 9.44. The first-order chi connectivity index (χ1) is 9.32. The lowest BCUT2D eigenvalue weighted by Gasteiger charge is -2.42. The lowest BCUT2D eigenvalue weighted by atomic mass is 9.80. The Labute approximate surface area is 158 Å². The molecule has 0 aromatic heterocycles. The average molecular weight is 435 g/mol. The second kappa shape index (κ2) is 8.95. The van der Waals surface area contributed by atoms with Crippen molar-refractivity contribution in [2.45, 2.75) is 26.8 Å². The molecule has 1 aliphatic rings. The van der Waals surface area contributed by atoms with Crippen LogP contribution in [0.1, 0.15) is 32.4 Å². The lowest BCUT2D eigenvalue weighted by Crippen LogP contribution is -2.48. The van der Waals surface area contributed by atoms with Gasteiger partial charge in [-0.25, -0.2) is 0 Å². The highest BCUT2D eigenvalue weighted by Crippen LogP contribution is 2.45. The van der Waals surface area contributed by atoms with Crippen LogP contribution in [0.4, 0.5) is 0 Å². The van der Waals surface area contributed by atoms with E-state index in [2.05, 4.69) is 46.9 Å². The largest absolute Gasteiger partial charge is 0.506 e. The van der Waals surface area contributed by atoms with Crippen molar-refractivity contribution in [2.75, 3.05) is 26.2 Å². The van der Waals surface area contributed by atoms with Gasteiger partial charge < -0.3 is 10.4 Å². The van der Waals surface area contributed by atoms with E-state index in [9.17, 15) is 5.11 Å². The van der Waals surface area contributed by atoms with Crippen LogP contribution >= 0.6 is 52.3 Å². The van der Waals surface area contributed by atoms with Crippen LogP contribution in [-0.2, 0) is 0 Å². The molecule has 2 rings (SSSR count). The Balaban J connectivity index is 0.00000220. The molecule has 1 aromatic rings.